The van der Waals surface area contributed by atoms with Crippen molar-refractivity contribution in [2.75, 3.05) is 26.2 Å². The van der Waals surface area contributed by atoms with Crippen LogP contribution in [-0.4, -0.2) is 48.1 Å². The second-order valence-electron chi connectivity index (χ2n) is 5.76. The van der Waals surface area contributed by atoms with Crippen molar-refractivity contribution in [1.29, 1.82) is 0 Å². The van der Waals surface area contributed by atoms with E-state index < -0.39 is 17.6 Å². The summed E-state index contributed by atoms with van der Waals surface area (Å²) in [6.45, 7) is 0.955. The molecule has 0 unspecified atom stereocenters. The molecular formula is C16H19F3N2O3. The molecule has 5 nitrogen and oxygen atoms in total. The first-order valence-electron chi connectivity index (χ1n) is 7.65. The molecule has 2 N–H and O–H groups in total. The van der Waals surface area contributed by atoms with E-state index in [-0.39, 0.29) is 30.5 Å². The SMILES string of the molecule is O=C(NCC(=O)N1CCC(CO)CC1)c1ccc(C(F)(F)F)cc1. The van der Waals surface area contributed by atoms with Crippen molar-refractivity contribution in [2.24, 2.45) is 5.92 Å². The molecule has 1 aliphatic rings. The number of halogens is 3. The standard InChI is InChI=1S/C16H19F3N2O3/c17-16(18,19)13-3-1-12(2-4-13)15(24)20-9-14(23)21-7-5-11(10-22)6-8-21/h1-4,11,22H,5-10H2,(H,20,24). The Morgan fingerprint density at radius 2 is 1.75 bits per heavy atom. The molecule has 1 fully saturated rings. The van der Waals surface area contributed by atoms with Crippen LogP contribution in [0.15, 0.2) is 24.3 Å². The van der Waals surface area contributed by atoms with Crippen LogP contribution in [0, 0.1) is 5.92 Å². The minimum atomic E-state index is -4.45. The van der Waals surface area contributed by atoms with Gasteiger partial charge in [0.15, 0.2) is 0 Å². The molecule has 1 aromatic carbocycles. The third-order valence-corrected chi connectivity index (χ3v) is 4.10. The van der Waals surface area contributed by atoms with Gasteiger partial charge in [-0.25, -0.2) is 0 Å². The van der Waals surface area contributed by atoms with Crippen molar-refractivity contribution < 1.29 is 27.9 Å². The summed E-state index contributed by atoms with van der Waals surface area (Å²) in [6.07, 6.45) is -3.02. The van der Waals surface area contributed by atoms with E-state index in [0.717, 1.165) is 37.1 Å². The molecule has 0 aliphatic carbocycles. The Bertz CT molecular complexity index is 579. The monoisotopic (exact) mass is 344 g/mol. The zero-order valence-electron chi connectivity index (χ0n) is 13.0. The van der Waals surface area contributed by atoms with E-state index in [0.29, 0.717) is 13.1 Å². The van der Waals surface area contributed by atoms with Crippen molar-refractivity contribution in [3.63, 3.8) is 0 Å². The van der Waals surface area contributed by atoms with Crippen molar-refractivity contribution in [3.8, 4) is 0 Å². The van der Waals surface area contributed by atoms with E-state index in [4.69, 9.17) is 5.11 Å². The molecule has 1 aromatic rings. The maximum Gasteiger partial charge on any atom is 0.416 e. The summed E-state index contributed by atoms with van der Waals surface area (Å²) in [5.74, 6) is -0.634. The zero-order valence-corrected chi connectivity index (χ0v) is 13.0. The summed E-state index contributed by atoms with van der Waals surface area (Å²) in [5.41, 5.74) is -0.767. The number of nitrogens with zero attached hydrogens (tertiary/aromatic N) is 1. The minimum Gasteiger partial charge on any atom is -0.396 e. The molecule has 8 heteroatoms. The lowest BCUT2D eigenvalue weighted by molar-refractivity contribution is -0.137. The van der Waals surface area contributed by atoms with Crippen LogP contribution in [0.4, 0.5) is 13.2 Å². The van der Waals surface area contributed by atoms with Crippen LogP contribution in [0.3, 0.4) is 0 Å². The minimum absolute atomic E-state index is 0.0646. The number of alkyl halides is 3. The van der Waals surface area contributed by atoms with Crippen molar-refractivity contribution in [1.82, 2.24) is 10.2 Å². The Labute approximate surface area is 137 Å². The van der Waals surface area contributed by atoms with E-state index in [1.54, 1.807) is 4.90 Å². The summed E-state index contributed by atoms with van der Waals surface area (Å²) in [7, 11) is 0. The molecule has 1 aliphatic heterocycles. The van der Waals surface area contributed by atoms with Gasteiger partial charge in [0.05, 0.1) is 12.1 Å². The van der Waals surface area contributed by atoms with Gasteiger partial charge in [0.1, 0.15) is 0 Å². The number of amides is 2. The first kappa shape index (κ1) is 18.3. The number of carbonyl (C=O) groups is 2. The fourth-order valence-electron chi connectivity index (χ4n) is 2.55. The number of nitrogens with one attached hydrogen (secondary N) is 1. The number of benzene rings is 1. The van der Waals surface area contributed by atoms with Gasteiger partial charge >= 0.3 is 6.18 Å². The summed E-state index contributed by atoms with van der Waals surface area (Å²) in [6, 6.07) is 3.82. The third kappa shape index (κ3) is 4.70. The van der Waals surface area contributed by atoms with E-state index in [1.807, 2.05) is 0 Å². The van der Waals surface area contributed by atoms with Crippen LogP contribution in [-0.2, 0) is 11.0 Å². The smallest absolute Gasteiger partial charge is 0.396 e. The summed E-state index contributed by atoms with van der Waals surface area (Å²) in [5, 5.41) is 11.5. The van der Waals surface area contributed by atoms with Crippen molar-refractivity contribution in [3.05, 3.63) is 35.4 Å². The van der Waals surface area contributed by atoms with Gasteiger partial charge in [-0.2, -0.15) is 13.2 Å². The molecule has 0 bridgehead atoms. The number of piperidine rings is 1. The number of hydrogen-bond donors (Lipinski definition) is 2. The lowest BCUT2D eigenvalue weighted by Gasteiger charge is -2.31. The largest absolute Gasteiger partial charge is 0.416 e. The van der Waals surface area contributed by atoms with Crippen LogP contribution >= 0.6 is 0 Å². The number of hydrogen-bond acceptors (Lipinski definition) is 3. The van der Waals surface area contributed by atoms with Crippen LogP contribution < -0.4 is 5.32 Å². The molecule has 1 heterocycles. The molecule has 2 rings (SSSR count). The second kappa shape index (κ2) is 7.65. The van der Waals surface area contributed by atoms with E-state index >= 15 is 0 Å². The quantitative estimate of drug-likeness (QED) is 0.873. The fraction of sp³-hybridized carbons (Fsp3) is 0.500. The molecule has 0 atom stereocenters. The lowest BCUT2D eigenvalue weighted by Crippen LogP contribution is -2.44. The Morgan fingerprint density at radius 1 is 1.17 bits per heavy atom. The van der Waals surface area contributed by atoms with Crippen LogP contribution in [0.2, 0.25) is 0 Å². The van der Waals surface area contributed by atoms with Gasteiger partial charge < -0.3 is 15.3 Å². The molecule has 24 heavy (non-hydrogen) atoms. The maximum atomic E-state index is 12.5. The number of aliphatic hydroxyl groups is 1. The molecule has 1 saturated heterocycles. The Kier molecular flexibility index (Phi) is 5.82. The van der Waals surface area contributed by atoms with E-state index in [2.05, 4.69) is 5.32 Å². The number of aliphatic hydroxyl groups excluding tert-OH is 1. The highest BCUT2D eigenvalue weighted by atomic mass is 19.4. The highest BCUT2D eigenvalue weighted by Gasteiger charge is 2.30. The van der Waals surface area contributed by atoms with Gasteiger partial charge in [0.2, 0.25) is 5.91 Å². The average Bonchev–Trinajstić information content (AvgIpc) is 2.58. The molecule has 0 aromatic heterocycles. The van der Waals surface area contributed by atoms with Crippen LogP contribution in [0.5, 0.6) is 0 Å². The fourth-order valence-corrected chi connectivity index (χ4v) is 2.55. The van der Waals surface area contributed by atoms with Crippen molar-refractivity contribution in [2.45, 2.75) is 19.0 Å². The second-order valence-corrected chi connectivity index (χ2v) is 5.76. The molecule has 132 valence electrons. The molecular weight excluding hydrogens is 325 g/mol. The van der Waals surface area contributed by atoms with E-state index in [1.165, 1.54) is 0 Å². The maximum absolute atomic E-state index is 12.5. The molecule has 0 saturated carbocycles. The Balaban J connectivity index is 1.83. The molecule has 2 amide bonds. The van der Waals surface area contributed by atoms with Gasteiger partial charge in [0, 0.05) is 25.3 Å². The predicted molar refractivity (Wildman–Crippen MR) is 80.2 cm³/mol. The predicted octanol–water partition coefficient (Wildman–Crippen LogP) is 1.67. The zero-order chi connectivity index (χ0) is 17.7. The lowest BCUT2D eigenvalue weighted by atomic mass is 9.98. The van der Waals surface area contributed by atoms with Crippen LogP contribution in [0.25, 0.3) is 0 Å². The molecule has 0 spiro atoms. The number of carbonyl (C=O) groups excluding carboxylic acids is 2. The topological polar surface area (TPSA) is 69.6 Å². The van der Waals surface area contributed by atoms with Gasteiger partial charge in [0.25, 0.3) is 5.91 Å². The summed E-state index contributed by atoms with van der Waals surface area (Å²) in [4.78, 5) is 25.5. The van der Waals surface area contributed by atoms with Crippen LogP contribution in [0.1, 0.15) is 28.8 Å². The van der Waals surface area contributed by atoms with Gasteiger partial charge in [-0.3, -0.25) is 9.59 Å². The Morgan fingerprint density at radius 3 is 2.25 bits per heavy atom. The highest BCUT2D eigenvalue weighted by Crippen LogP contribution is 2.29. The van der Waals surface area contributed by atoms with Gasteiger partial charge in [-0.1, -0.05) is 0 Å². The first-order chi connectivity index (χ1) is 11.3. The van der Waals surface area contributed by atoms with Gasteiger partial charge in [-0.15, -0.1) is 0 Å². The van der Waals surface area contributed by atoms with Gasteiger partial charge in [-0.05, 0) is 43.0 Å². The summed E-state index contributed by atoms with van der Waals surface area (Å²) >= 11 is 0. The first-order valence-corrected chi connectivity index (χ1v) is 7.65. The molecule has 0 radical (unpaired) electrons. The third-order valence-electron chi connectivity index (χ3n) is 4.10. The highest BCUT2D eigenvalue weighted by molar-refractivity contribution is 5.96. The number of likely N-dealkylation sites (tertiary alicyclic amines) is 1. The number of rotatable bonds is 4. The average molecular weight is 344 g/mol. The Hall–Kier alpha value is -2.09. The van der Waals surface area contributed by atoms with E-state index in [9.17, 15) is 22.8 Å². The van der Waals surface area contributed by atoms with Crippen molar-refractivity contribution >= 4 is 11.8 Å². The summed E-state index contributed by atoms with van der Waals surface area (Å²) < 4.78 is 37.4. The normalized spacial score (nSPS) is 16.1.